The van der Waals surface area contributed by atoms with Crippen molar-refractivity contribution in [1.82, 2.24) is 14.7 Å². The summed E-state index contributed by atoms with van der Waals surface area (Å²) >= 11 is 1.51. The fraction of sp³-hybridized carbons (Fsp3) is 0.357. The van der Waals surface area contributed by atoms with Crippen molar-refractivity contribution in [2.75, 3.05) is 6.26 Å². The number of primary amides is 1. The molecule has 0 bridgehead atoms. The number of aromatic nitrogens is 2. The number of thioether (sulfide) groups is 1. The second kappa shape index (κ2) is 5.43. The summed E-state index contributed by atoms with van der Waals surface area (Å²) in [5.41, 5.74) is 5.81. The fourth-order valence-corrected chi connectivity index (χ4v) is 3.47. The zero-order chi connectivity index (χ0) is 16.8. The lowest BCUT2D eigenvalue weighted by Crippen LogP contribution is -2.59. The summed E-state index contributed by atoms with van der Waals surface area (Å²) in [4.78, 5) is 11.9. The van der Waals surface area contributed by atoms with Gasteiger partial charge in [-0.05, 0) is 12.3 Å². The van der Waals surface area contributed by atoms with Crippen molar-refractivity contribution in [3.8, 4) is 0 Å². The van der Waals surface area contributed by atoms with E-state index in [1.165, 1.54) is 11.8 Å². The van der Waals surface area contributed by atoms with Gasteiger partial charge in [-0.2, -0.15) is 0 Å². The maximum absolute atomic E-state index is 11.9. The molecule has 0 aliphatic carbocycles. The number of nitrogens with two attached hydrogens (primary N) is 1. The van der Waals surface area contributed by atoms with Crippen LogP contribution in [0.5, 0.6) is 0 Å². The van der Waals surface area contributed by atoms with Crippen LogP contribution in [0.1, 0.15) is 19.7 Å². The highest BCUT2D eigenvalue weighted by atomic mass is 32.2. The van der Waals surface area contributed by atoms with Gasteiger partial charge in [0.2, 0.25) is 11.7 Å². The zero-order valence-electron chi connectivity index (χ0n) is 13.3. The number of hydrogen-bond donors (Lipinski definition) is 1. The Bertz CT molecular complexity index is 804. The van der Waals surface area contributed by atoms with E-state index in [-0.39, 0.29) is 16.0 Å². The molecule has 0 saturated carbocycles. The summed E-state index contributed by atoms with van der Waals surface area (Å²) in [6, 6.07) is 0.304. The van der Waals surface area contributed by atoms with E-state index in [2.05, 4.69) is 20.4 Å². The molecule has 8 nitrogen and oxygen atoms in total. The number of rotatable bonds is 4. The Morgan fingerprint density at radius 1 is 1.30 bits per heavy atom. The third kappa shape index (κ3) is 2.07. The van der Waals surface area contributed by atoms with Gasteiger partial charge in [-0.3, -0.25) is 4.79 Å². The monoisotopic (exact) mass is 333 g/mol. The van der Waals surface area contributed by atoms with Gasteiger partial charge in [0, 0.05) is 13.0 Å². The minimum Gasteiger partial charge on any atom is -0.379 e. The number of fused-ring (bicyclic) bond motifs is 1. The Morgan fingerprint density at radius 3 is 2.57 bits per heavy atom. The number of aryl methyl sites for hydroxylation is 1. The Morgan fingerprint density at radius 2 is 2.04 bits per heavy atom. The molecule has 3 heterocycles. The minimum atomic E-state index is -0.570. The van der Waals surface area contributed by atoms with Crippen molar-refractivity contribution in [1.29, 1.82) is 0 Å². The molecule has 0 aromatic carbocycles. The van der Waals surface area contributed by atoms with Crippen LogP contribution in [-0.2, 0) is 4.79 Å². The minimum absolute atomic E-state index is 0.0474. The maximum Gasteiger partial charge on any atom is 0.443 e. The SMILES string of the molecule is CSC1=CC=C(C(N)=O)C2=NN=C(C(C)C)[N+]12c1nnc(C)o1. The van der Waals surface area contributed by atoms with E-state index < -0.39 is 5.91 Å². The summed E-state index contributed by atoms with van der Waals surface area (Å²) in [5.74, 6) is 1.01. The van der Waals surface area contributed by atoms with Crippen LogP contribution >= 0.6 is 11.8 Å². The number of quaternary nitrogens is 1. The van der Waals surface area contributed by atoms with Crippen molar-refractivity contribution in [3.63, 3.8) is 0 Å². The number of hydrogen-bond acceptors (Lipinski definition) is 7. The van der Waals surface area contributed by atoms with Crippen molar-refractivity contribution in [3.05, 3.63) is 28.6 Å². The van der Waals surface area contributed by atoms with Crippen LogP contribution in [0.15, 0.2) is 37.4 Å². The fourth-order valence-electron chi connectivity index (χ4n) is 2.74. The average Bonchev–Trinajstić information content (AvgIpc) is 3.10. The van der Waals surface area contributed by atoms with Gasteiger partial charge in [0.05, 0.1) is 5.92 Å². The van der Waals surface area contributed by atoms with Gasteiger partial charge in [0.25, 0.3) is 11.7 Å². The van der Waals surface area contributed by atoms with Crippen LogP contribution in [0.25, 0.3) is 0 Å². The molecule has 3 rings (SSSR count). The zero-order valence-corrected chi connectivity index (χ0v) is 14.1. The quantitative estimate of drug-likeness (QED) is 0.844. The van der Waals surface area contributed by atoms with Gasteiger partial charge in [0.1, 0.15) is 5.57 Å². The van der Waals surface area contributed by atoms with E-state index in [9.17, 15) is 4.79 Å². The van der Waals surface area contributed by atoms with Gasteiger partial charge in [-0.15, -0.1) is 9.58 Å². The molecule has 9 heteroatoms. The Kier molecular flexibility index (Phi) is 3.69. The molecule has 23 heavy (non-hydrogen) atoms. The molecule has 0 fully saturated rings. The first-order chi connectivity index (χ1) is 10.9. The smallest absolute Gasteiger partial charge is 0.379 e. The first-order valence-corrected chi connectivity index (χ1v) is 8.28. The Labute approximate surface area is 137 Å². The second-order valence-corrected chi connectivity index (χ2v) is 6.29. The normalized spacial score (nSPS) is 23.2. The molecular formula is C14H17N6O2S+. The van der Waals surface area contributed by atoms with E-state index >= 15 is 0 Å². The molecule has 1 aromatic rings. The van der Waals surface area contributed by atoms with E-state index in [0.29, 0.717) is 23.6 Å². The first kappa shape index (κ1) is 15.6. The number of carbonyl (C=O) groups is 1. The van der Waals surface area contributed by atoms with E-state index in [4.69, 9.17) is 10.2 Å². The van der Waals surface area contributed by atoms with Crippen molar-refractivity contribution in [2.45, 2.75) is 20.8 Å². The first-order valence-electron chi connectivity index (χ1n) is 7.06. The van der Waals surface area contributed by atoms with E-state index in [1.54, 1.807) is 13.0 Å². The molecule has 2 aliphatic heterocycles. The lowest BCUT2D eigenvalue weighted by atomic mass is 10.0. The summed E-state index contributed by atoms with van der Waals surface area (Å²) in [5, 5.41) is 17.5. The molecule has 1 atom stereocenters. The number of carbonyl (C=O) groups excluding carboxylic acids is 1. The summed E-state index contributed by atoms with van der Waals surface area (Å²) in [7, 11) is 0. The van der Waals surface area contributed by atoms with Crippen molar-refractivity contribution in [2.24, 2.45) is 21.9 Å². The molecule has 0 saturated heterocycles. The van der Waals surface area contributed by atoms with Gasteiger partial charge in [0.15, 0.2) is 5.03 Å². The molecule has 0 radical (unpaired) electrons. The summed E-state index contributed by atoms with van der Waals surface area (Å²) < 4.78 is 5.66. The van der Waals surface area contributed by atoms with Gasteiger partial charge in [-0.1, -0.05) is 40.9 Å². The Balaban J connectivity index is 2.32. The van der Waals surface area contributed by atoms with Crippen LogP contribution in [-0.4, -0.2) is 34.0 Å². The van der Waals surface area contributed by atoms with Crippen LogP contribution < -0.4 is 10.2 Å². The molecule has 120 valence electrons. The third-order valence-electron chi connectivity index (χ3n) is 3.67. The topological polar surface area (TPSA) is 107 Å². The highest BCUT2D eigenvalue weighted by molar-refractivity contribution is 8.02. The highest BCUT2D eigenvalue weighted by Crippen LogP contribution is 2.43. The molecule has 2 N–H and O–H groups in total. The molecule has 1 aromatic heterocycles. The second-order valence-electron chi connectivity index (χ2n) is 5.46. The number of allylic oxidation sites excluding steroid dienone is 2. The third-order valence-corrected chi connectivity index (χ3v) is 4.49. The standard InChI is InChI=1S/C14H16N6O2S/c1-7(2)12-17-18-13-9(11(15)21)5-6-10(23-4)20(12,13)14-19-16-8(3)22-14/h5-7H,1-4H3,(H-,15,21)/p+1. The van der Waals surface area contributed by atoms with Gasteiger partial charge in [-0.25, -0.2) is 0 Å². The summed E-state index contributed by atoms with van der Waals surface area (Å²) in [6.45, 7) is 5.71. The largest absolute Gasteiger partial charge is 0.443 e. The van der Waals surface area contributed by atoms with Crippen LogP contribution in [0.4, 0.5) is 6.01 Å². The lowest BCUT2D eigenvalue weighted by Gasteiger charge is -2.33. The van der Waals surface area contributed by atoms with Crippen LogP contribution in [0, 0.1) is 12.8 Å². The average molecular weight is 333 g/mol. The molecule has 1 amide bonds. The number of amidine groups is 2. The molecule has 1 unspecified atom stereocenters. The predicted octanol–water partition coefficient (Wildman–Crippen LogP) is 1.70. The number of amides is 1. The van der Waals surface area contributed by atoms with E-state index in [1.807, 2.05) is 26.2 Å². The predicted molar refractivity (Wildman–Crippen MR) is 89.4 cm³/mol. The molecule has 0 spiro atoms. The summed E-state index contributed by atoms with van der Waals surface area (Å²) in [6.07, 6.45) is 5.42. The molecule has 2 aliphatic rings. The van der Waals surface area contributed by atoms with Gasteiger partial charge >= 0.3 is 6.01 Å². The van der Waals surface area contributed by atoms with Crippen molar-refractivity contribution < 1.29 is 9.21 Å². The lowest BCUT2D eigenvalue weighted by molar-refractivity contribution is -0.114. The number of nitrogens with zero attached hydrogens (tertiary/aromatic N) is 5. The van der Waals surface area contributed by atoms with E-state index in [0.717, 1.165) is 5.03 Å². The molecular weight excluding hydrogens is 316 g/mol. The Hall–Kier alpha value is -2.26. The van der Waals surface area contributed by atoms with Crippen molar-refractivity contribution >= 4 is 35.4 Å². The van der Waals surface area contributed by atoms with Gasteiger partial charge < -0.3 is 10.2 Å². The van der Waals surface area contributed by atoms with Crippen LogP contribution in [0.3, 0.4) is 0 Å². The maximum atomic E-state index is 11.9. The van der Waals surface area contributed by atoms with Crippen LogP contribution in [0.2, 0.25) is 0 Å². The highest BCUT2D eigenvalue weighted by Gasteiger charge is 2.58.